The standard InChI is InChI=1S/C17H21N3O3/c1-11-6-4-7-14(10-11)22-12(2)15(21)19-17(8-5-9-17)16-18-13(3)23-20-16/h4,6-7,10,12H,5,8-9H2,1-3H3,(H,19,21)/t12-/m0/s1. The highest BCUT2D eigenvalue weighted by Gasteiger charge is 2.44. The van der Waals surface area contributed by atoms with Crippen LogP contribution < -0.4 is 10.1 Å². The molecular formula is C17H21N3O3. The van der Waals surface area contributed by atoms with E-state index in [0.29, 0.717) is 17.5 Å². The summed E-state index contributed by atoms with van der Waals surface area (Å²) in [5, 5.41) is 7.02. The third-order valence-corrected chi connectivity index (χ3v) is 4.20. The van der Waals surface area contributed by atoms with Gasteiger partial charge in [0.2, 0.25) is 5.89 Å². The fraction of sp³-hybridized carbons (Fsp3) is 0.471. The molecule has 0 bridgehead atoms. The summed E-state index contributed by atoms with van der Waals surface area (Å²) in [5.41, 5.74) is 0.576. The molecule has 122 valence electrons. The highest BCUT2D eigenvalue weighted by molar-refractivity contribution is 5.81. The minimum absolute atomic E-state index is 0.173. The zero-order valence-electron chi connectivity index (χ0n) is 13.6. The fourth-order valence-electron chi connectivity index (χ4n) is 2.71. The third kappa shape index (κ3) is 3.21. The summed E-state index contributed by atoms with van der Waals surface area (Å²) in [6.07, 6.45) is 2.06. The van der Waals surface area contributed by atoms with E-state index in [1.54, 1.807) is 13.8 Å². The molecule has 1 aromatic heterocycles. The van der Waals surface area contributed by atoms with E-state index >= 15 is 0 Å². The molecule has 1 aliphatic carbocycles. The number of ether oxygens (including phenoxy) is 1. The maximum Gasteiger partial charge on any atom is 0.261 e. The molecule has 1 heterocycles. The van der Waals surface area contributed by atoms with Gasteiger partial charge in [-0.3, -0.25) is 4.79 Å². The number of benzene rings is 1. The van der Waals surface area contributed by atoms with Gasteiger partial charge in [0.25, 0.3) is 5.91 Å². The molecule has 0 radical (unpaired) electrons. The Balaban J connectivity index is 1.68. The Hall–Kier alpha value is -2.37. The Morgan fingerprint density at radius 2 is 2.17 bits per heavy atom. The van der Waals surface area contributed by atoms with Crippen molar-refractivity contribution in [1.82, 2.24) is 15.5 Å². The summed E-state index contributed by atoms with van der Waals surface area (Å²) in [5.74, 6) is 1.57. The molecule has 0 unspecified atom stereocenters. The summed E-state index contributed by atoms with van der Waals surface area (Å²) >= 11 is 0. The van der Waals surface area contributed by atoms with Gasteiger partial charge < -0.3 is 14.6 Å². The van der Waals surface area contributed by atoms with Gasteiger partial charge in [-0.15, -0.1) is 0 Å². The maximum absolute atomic E-state index is 12.5. The molecule has 2 aromatic rings. The Bertz CT molecular complexity index is 707. The van der Waals surface area contributed by atoms with Crippen molar-refractivity contribution in [2.75, 3.05) is 0 Å². The summed E-state index contributed by atoms with van der Waals surface area (Å²) < 4.78 is 10.8. The van der Waals surface area contributed by atoms with Crippen molar-refractivity contribution in [3.05, 3.63) is 41.5 Å². The number of carbonyl (C=O) groups is 1. The van der Waals surface area contributed by atoms with Gasteiger partial charge in [-0.1, -0.05) is 17.3 Å². The number of nitrogens with zero attached hydrogens (tertiary/aromatic N) is 2. The van der Waals surface area contributed by atoms with Crippen LogP contribution in [-0.2, 0) is 10.3 Å². The number of hydrogen-bond acceptors (Lipinski definition) is 5. The van der Waals surface area contributed by atoms with E-state index in [-0.39, 0.29) is 5.91 Å². The predicted molar refractivity (Wildman–Crippen MR) is 84.0 cm³/mol. The second-order valence-electron chi connectivity index (χ2n) is 6.14. The normalized spacial score (nSPS) is 17.2. The first-order valence-electron chi connectivity index (χ1n) is 7.85. The van der Waals surface area contributed by atoms with Gasteiger partial charge in [0.05, 0.1) is 0 Å². The number of rotatable bonds is 5. The lowest BCUT2D eigenvalue weighted by atomic mass is 9.76. The second-order valence-corrected chi connectivity index (χ2v) is 6.14. The van der Waals surface area contributed by atoms with Crippen LogP contribution in [-0.4, -0.2) is 22.2 Å². The van der Waals surface area contributed by atoms with E-state index in [1.165, 1.54) is 0 Å². The molecule has 1 aromatic carbocycles. The quantitative estimate of drug-likeness (QED) is 0.918. The molecule has 0 saturated heterocycles. The number of amides is 1. The maximum atomic E-state index is 12.5. The van der Waals surface area contributed by atoms with Crippen LogP contribution in [0.4, 0.5) is 0 Å². The van der Waals surface area contributed by atoms with E-state index < -0.39 is 11.6 Å². The number of aryl methyl sites for hydroxylation is 2. The van der Waals surface area contributed by atoms with Gasteiger partial charge in [-0.2, -0.15) is 4.98 Å². The molecule has 0 aliphatic heterocycles. The lowest BCUT2D eigenvalue weighted by Gasteiger charge is -2.40. The second kappa shape index (κ2) is 6.02. The van der Waals surface area contributed by atoms with Crippen molar-refractivity contribution in [3.63, 3.8) is 0 Å². The zero-order valence-corrected chi connectivity index (χ0v) is 13.6. The molecule has 1 atom stereocenters. The SMILES string of the molecule is Cc1cccc(O[C@@H](C)C(=O)NC2(c3noc(C)n3)CCC2)c1. The molecule has 1 amide bonds. The summed E-state index contributed by atoms with van der Waals surface area (Å²) in [6.45, 7) is 5.47. The van der Waals surface area contributed by atoms with E-state index in [9.17, 15) is 4.79 Å². The summed E-state index contributed by atoms with van der Waals surface area (Å²) in [7, 11) is 0. The number of carbonyl (C=O) groups excluding carboxylic acids is 1. The van der Waals surface area contributed by atoms with Crippen LogP contribution >= 0.6 is 0 Å². The van der Waals surface area contributed by atoms with E-state index in [4.69, 9.17) is 9.26 Å². The average Bonchev–Trinajstić information content (AvgIpc) is 2.89. The van der Waals surface area contributed by atoms with Crippen LogP contribution in [0.25, 0.3) is 0 Å². The van der Waals surface area contributed by atoms with Crippen LogP contribution in [0.5, 0.6) is 5.75 Å². The molecule has 1 aliphatic rings. The van der Waals surface area contributed by atoms with Crippen LogP contribution in [0.15, 0.2) is 28.8 Å². The lowest BCUT2D eigenvalue weighted by molar-refractivity contribution is -0.130. The van der Waals surface area contributed by atoms with E-state index in [0.717, 1.165) is 24.8 Å². The monoisotopic (exact) mass is 315 g/mol. The zero-order chi connectivity index (χ0) is 16.4. The molecule has 1 N–H and O–H groups in total. The van der Waals surface area contributed by atoms with E-state index in [2.05, 4.69) is 15.5 Å². The van der Waals surface area contributed by atoms with Gasteiger partial charge in [-0.05, 0) is 50.8 Å². The third-order valence-electron chi connectivity index (χ3n) is 4.20. The van der Waals surface area contributed by atoms with Gasteiger partial charge in [0, 0.05) is 6.92 Å². The fourth-order valence-corrected chi connectivity index (χ4v) is 2.71. The first-order valence-corrected chi connectivity index (χ1v) is 7.85. The van der Waals surface area contributed by atoms with Crippen molar-refractivity contribution in [3.8, 4) is 5.75 Å². The molecule has 23 heavy (non-hydrogen) atoms. The summed E-state index contributed by atoms with van der Waals surface area (Å²) in [4.78, 5) is 16.8. The van der Waals surface area contributed by atoms with Crippen LogP contribution in [0.2, 0.25) is 0 Å². The Kier molecular flexibility index (Phi) is 4.07. The van der Waals surface area contributed by atoms with Crippen molar-refractivity contribution >= 4 is 5.91 Å². The van der Waals surface area contributed by atoms with Crippen LogP contribution in [0, 0.1) is 13.8 Å². The predicted octanol–water partition coefficient (Wildman–Crippen LogP) is 2.65. The first kappa shape index (κ1) is 15.5. The summed E-state index contributed by atoms with van der Waals surface area (Å²) in [6, 6.07) is 7.65. The molecule has 1 fully saturated rings. The molecule has 6 nitrogen and oxygen atoms in total. The van der Waals surface area contributed by atoms with Crippen LogP contribution in [0.1, 0.15) is 43.5 Å². The Labute approximate surface area is 135 Å². The highest BCUT2D eigenvalue weighted by atomic mass is 16.5. The molecule has 1 saturated carbocycles. The van der Waals surface area contributed by atoms with Crippen molar-refractivity contribution in [2.24, 2.45) is 0 Å². The largest absolute Gasteiger partial charge is 0.481 e. The van der Waals surface area contributed by atoms with Gasteiger partial charge in [0.15, 0.2) is 11.9 Å². The number of hydrogen-bond donors (Lipinski definition) is 1. The molecule has 6 heteroatoms. The molecular weight excluding hydrogens is 294 g/mol. The van der Waals surface area contributed by atoms with Gasteiger partial charge in [0.1, 0.15) is 11.3 Å². The van der Waals surface area contributed by atoms with Crippen molar-refractivity contribution in [1.29, 1.82) is 0 Å². The molecule has 3 rings (SSSR count). The molecule has 0 spiro atoms. The van der Waals surface area contributed by atoms with E-state index in [1.807, 2.05) is 31.2 Å². The van der Waals surface area contributed by atoms with Gasteiger partial charge >= 0.3 is 0 Å². The Morgan fingerprint density at radius 3 is 2.74 bits per heavy atom. The minimum atomic E-state index is -0.595. The average molecular weight is 315 g/mol. The topological polar surface area (TPSA) is 77.2 Å². The minimum Gasteiger partial charge on any atom is -0.481 e. The van der Waals surface area contributed by atoms with Crippen molar-refractivity contribution in [2.45, 2.75) is 51.7 Å². The van der Waals surface area contributed by atoms with Crippen molar-refractivity contribution < 1.29 is 14.1 Å². The Morgan fingerprint density at radius 1 is 1.39 bits per heavy atom. The smallest absolute Gasteiger partial charge is 0.261 e. The number of nitrogens with one attached hydrogen (secondary N) is 1. The van der Waals surface area contributed by atoms with Crippen LogP contribution in [0.3, 0.4) is 0 Å². The number of aromatic nitrogens is 2. The lowest BCUT2D eigenvalue weighted by Crippen LogP contribution is -2.54. The highest BCUT2D eigenvalue weighted by Crippen LogP contribution is 2.39. The van der Waals surface area contributed by atoms with Gasteiger partial charge in [-0.25, -0.2) is 0 Å². The first-order chi connectivity index (χ1) is 11.0.